The smallest absolute Gasteiger partial charge is 0.0556 e. The van der Waals surface area contributed by atoms with Crippen molar-refractivity contribution in [1.82, 2.24) is 0 Å². The molecule has 2 bridgehead atoms. The second-order valence-corrected chi connectivity index (χ2v) is 15.7. The van der Waals surface area contributed by atoms with Crippen molar-refractivity contribution in [2.75, 3.05) is 9.80 Å². The van der Waals surface area contributed by atoms with Gasteiger partial charge >= 0.3 is 0 Å². The molecule has 4 aliphatic rings. The number of nitrogens with zero attached hydrogens (tertiary/aromatic N) is 2. The standard InChI is InChI=1S/C56H51N3/c1-3-16-45(4-2)58(46-20-7-5-8-21-46)49-34-29-41(30-35-49)54-39-55-43-18-12-11-17-42(37-43)53(38-56(55)52-26-14-13-25-51(52)54)40-27-32-50(33-28-40)59(47-22-9-6-10-23-47)48-24-15-19-44(57)31-36-48/h3-14,16-18,20-22,25-36,38-39,47H,15,19,23-24,37,57H2,1-2H3/b16-3-,45-4+. The summed E-state index contributed by atoms with van der Waals surface area (Å²) < 4.78 is 0. The van der Waals surface area contributed by atoms with Crippen LogP contribution in [-0.2, 0) is 0 Å². The van der Waals surface area contributed by atoms with Gasteiger partial charge in [-0.2, -0.15) is 0 Å². The van der Waals surface area contributed by atoms with Gasteiger partial charge < -0.3 is 15.5 Å². The van der Waals surface area contributed by atoms with Gasteiger partial charge in [-0.05, 0) is 168 Å². The van der Waals surface area contributed by atoms with E-state index >= 15 is 0 Å². The number of anilines is 3. The quantitative estimate of drug-likeness (QED) is 0.152. The fourth-order valence-electron chi connectivity index (χ4n) is 9.06. The molecule has 5 aromatic rings. The van der Waals surface area contributed by atoms with E-state index in [0.29, 0.717) is 0 Å². The highest BCUT2D eigenvalue weighted by atomic mass is 15.2. The van der Waals surface area contributed by atoms with Crippen LogP contribution in [0.3, 0.4) is 0 Å². The fraction of sp³-hybridized carbons (Fsp3) is 0.143. The Morgan fingerprint density at radius 2 is 1.37 bits per heavy atom. The summed E-state index contributed by atoms with van der Waals surface area (Å²) in [6, 6.07) is 40.6. The first-order valence-electron chi connectivity index (χ1n) is 21.1. The lowest BCUT2D eigenvalue weighted by atomic mass is 9.88. The molecule has 0 spiro atoms. The van der Waals surface area contributed by atoms with Crippen LogP contribution in [0.1, 0.15) is 62.6 Å². The van der Waals surface area contributed by atoms with Gasteiger partial charge in [-0.1, -0.05) is 127 Å². The van der Waals surface area contributed by atoms with Gasteiger partial charge in [0.15, 0.2) is 0 Å². The summed E-state index contributed by atoms with van der Waals surface area (Å²) in [4.78, 5) is 4.84. The Morgan fingerprint density at radius 1 is 0.661 bits per heavy atom. The highest BCUT2D eigenvalue weighted by Crippen LogP contribution is 2.46. The highest BCUT2D eigenvalue weighted by Gasteiger charge is 2.25. The maximum absolute atomic E-state index is 6.29. The van der Waals surface area contributed by atoms with Gasteiger partial charge in [-0.25, -0.2) is 0 Å². The molecule has 0 fully saturated rings. The summed E-state index contributed by atoms with van der Waals surface area (Å²) in [6.45, 7) is 4.17. The molecule has 0 radical (unpaired) electrons. The van der Waals surface area contributed by atoms with Crippen molar-refractivity contribution in [3.05, 3.63) is 228 Å². The summed E-state index contributed by atoms with van der Waals surface area (Å²) >= 11 is 0. The van der Waals surface area contributed by atoms with Crippen LogP contribution in [-0.4, -0.2) is 6.04 Å². The maximum Gasteiger partial charge on any atom is 0.0556 e. The Bertz CT molecular complexity index is 2690. The lowest BCUT2D eigenvalue weighted by Crippen LogP contribution is -2.33. The van der Waals surface area contributed by atoms with Crippen LogP contribution >= 0.6 is 0 Å². The van der Waals surface area contributed by atoms with Gasteiger partial charge in [0.05, 0.1) is 6.04 Å². The van der Waals surface area contributed by atoms with Crippen LogP contribution < -0.4 is 15.5 Å². The zero-order valence-corrected chi connectivity index (χ0v) is 34.1. The molecular formula is C56H51N3. The minimum Gasteiger partial charge on any atom is -0.402 e. The minimum atomic E-state index is 0.264. The number of allylic oxidation sites excluding steroid dienone is 16. The van der Waals surface area contributed by atoms with Crippen molar-refractivity contribution < 1.29 is 0 Å². The zero-order chi connectivity index (χ0) is 40.1. The molecule has 1 unspecified atom stereocenters. The Balaban J connectivity index is 1.12. The van der Waals surface area contributed by atoms with Crippen molar-refractivity contribution in [2.24, 2.45) is 5.73 Å². The molecule has 0 aliphatic heterocycles. The highest BCUT2D eigenvalue weighted by molar-refractivity contribution is 6.10. The normalized spacial score (nSPS) is 17.6. The van der Waals surface area contributed by atoms with Crippen LogP contribution in [0.25, 0.3) is 39.1 Å². The van der Waals surface area contributed by atoms with Crippen LogP contribution in [0.15, 0.2) is 211 Å². The van der Waals surface area contributed by atoms with Crippen molar-refractivity contribution in [3.8, 4) is 11.1 Å². The third-order valence-corrected chi connectivity index (χ3v) is 11.9. The third kappa shape index (κ3) is 7.65. The molecule has 0 aromatic heterocycles. The number of fused-ring (bicyclic) bond motifs is 6. The zero-order valence-electron chi connectivity index (χ0n) is 34.1. The summed E-state index contributed by atoms with van der Waals surface area (Å²) in [5, 5.41) is 2.52. The van der Waals surface area contributed by atoms with E-state index in [1.54, 1.807) is 0 Å². The molecule has 0 heterocycles. The van der Waals surface area contributed by atoms with E-state index < -0.39 is 0 Å². The van der Waals surface area contributed by atoms with Crippen molar-refractivity contribution >= 4 is 45.1 Å². The Morgan fingerprint density at radius 3 is 2.12 bits per heavy atom. The monoisotopic (exact) mass is 765 g/mol. The van der Waals surface area contributed by atoms with Gasteiger partial charge in [0.2, 0.25) is 0 Å². The molecule has 0 saturated carbocycles. The van der Waals surface area contributed by atoms with E-state index in [1.807, 2.05) is 0 Å². The van der Waals surface area contributed by atoms with Crippen molar-refractivity contribution in [3.63, 3.8) is 0 Å². The number of rotatable bonds is 9. The molecule has 290 valence electrons. The molecule has 9 rings (SSSR count). The van der Waals surface area contributed by atoms with E-state index in [1.165, 1.54) is 66.7 Å². The summed E-state index contributed by atoms with van der Waals surface area (Å²) in [7, 11) is 0. The number of para-hydroxylation sites is 1. The van der Waals surface area contributed by atoms with Crippen LogP contribution in [0.5, 0.6) is 0 Å². The van der Waals surface area contributed by atoms with E-state index in [2.05, 4.69) is 218 Å². The fourth-order valence-corrected chi connectivity index (χ4v) is 9.06. The third-order valence-electron chi connectivity index (χ3n) is 11.9. The predicted molar refractivity (Wildman–Crippen MR) is 254 cm³/mol. The second-order valence-electron chi connectivity index (χ2n) is 15.7. The molecule has 3 nitrogen and oxygen atoms in total. The number of nitrogens with two attached hydrogens (primary N) is 1. The van der Waals surface area contributed by atoms with E-state index in [4.69, 9.17) is 5.73 Å². The Labute approximate surface area is 349 Å². The van der Waals surface area contributed by atoms with E-state index in [9.17, 15) is 0 Å². The van der Waals surface area contributed by atoms with E-state index in [-0.39, 0.29) is 6.04 Å². The average molecular weight is 766 g/mol. The lowest BCUT2D eigenvalue weighted by Gasteiger charge is -2.34. The van der Waals surface area contributed by atoms with E-state index in [0.717, 1.165) is 54.9 Å². The molecule has 59 heavy (non-hydrogen) atoms. The van der Waals surface area contributed by atoms with Gasteiger partial charge in [0.25, 0.3) is 0 Å². The molecule has 3 heteroatoms. The molecule has 4 aliphatic carbocycles. The first kappa shape index (κ1) is 37.7. The SMILES string of the molecule is C/C=C\C(=C/C)N(c1ccccc1)c1ccc(-c2cc3c(c4ccccc24)C=C(c2ccc(N(C4=CC=C(N)CCC4)C4C=CC=CC4)cc2)C2=CC=CC=C3C2)cc1. The Hall–Kier alpha value is -6.84. The first-order valence-corrected chi connectivity index (χ1v) is 21.1. The average Bonchev–Trinajstić information content (AvgIpc) is 3.73. The largest absolute Gasteiger partial charge is 0.402 e. The lowest BCUT2D eigenvalue weighted by molar-refractivity contribution is 0.702. The van der Waals surface area contributed by atoms with Crippen molar-refractivity contribution in [2.45, 2.75) is 52.0 Å². The summed E-state index contributed by atoms with van der Waals surface area (Å²) in [6.07, 6.45) is 36.0. The Kier molecular flexibility index (Phi) is 10.8. The van der Waals surface area contributed by atoms with Gasteiger partial charge in [0, 0.05) is 34.2 Å². The molecule has 2 N–H and O–H groups in total. The van der Waals surface area contributed by atoms with Crippen LogP contribution in [0.4, 0.5) is 17.1 Å². The van der Waals surface area contributed by atoms with Crippen LogP contribution in [0.2, 0.25) is 0 Å². The van der Waals surface area contributed by atoms with Gasteiger partial charge in [0.1, 0.15) is 0 Å². The molecular weight excluding hydrogens is 715 g/mol. The molecule has 0 amide bonds. The van der Waals surface area contributed by atoms with Gasteiger partial charge in [-0.15, -0.1) is 0 Å². The summed E-state index contributed by atoms with van der Waals surface area (Å²) in [5.74, 6) is 0. The molecule has 0 saturated heterocycles. The second kappa shape index (κ2) is 16.9. The number of hydrogen-bond donors (Lipinski definition) is 1. The summed E-state index contributed by atoms with van der Waals surface area (Å²) in [5.41, 5.74) is 23.3. The minimum absolute atomic E-state index is 0.264. The number of benzene rings is 5. The predicted octanol–water partition coefficient (Wildman–Crippen LogP) is 14.6. The van der Waals surface area contributed by atoms with Crippen LogP contribution in [0, 0.1) is 0 Å². The first-order chi connectivity index (χ1) is 29.1. The van der Waals surface area contributed by atoms with Crippen molar-refractivity contribution in [1.29, 1.82) is 0 Å². The number of hydrogen-bond acceptors (Lipinski definition) is 3. The topological polar surface area (TPSA) is 32.5 Å². The van der Waals surface area contributed by atoms with Gasteiger partial charge in [-0.3, -0.25) is 0 Å². The molecule has 5 aromatic carbocycles. The molecule has 1 atom stereocenters. The maximum atomic E-state index is 6.29.